The molecule has 0 saturated carbocycles. The Bertz CT molecular complexity index is 572. The molecule has 0 amide bonds. The molecule has 0 radical (unpaired) electrons. The van der Waals surface area contributed by atoms with Gasteiger partial charge in [0.25, 0.3) is 0 Å². The van der Waals surface area contributed by atoms with Gasteiger partial charge in [-0.3, -0.25) is 0 Å². The zero-order chi connectivity index (χ0) is 14.3. The first-order chi connectivity index (χ1) is 8.71. The van der Waals surface area contributed by atoms with Gasteiger partial charge in [0, 0.05) is 19.3 Å². The van der Waals surface area contributed by atoms with Crippen LogP contribution in [0.15, 0.2) is 23.1 Å². The number of piperidine rings is 1. The summed E-state index contributed by atoms with van der Waals surface area (Å²) >= 11 is 0. The van der Waals surface area contributed by atoms with Crippen molar-refractivity contribution in [3.8, 4) is 0 Å². The normalized spacial score (nSPS) is 19.4. The van der Waals surface area contributed by atoms with Crippen molar-refractivity contribution in [3.05, 3.63) is 18.2 Å². The number of hydrogen-bond acceptors (Lipinski definition) is 5. The van der Waals surface area contributed by atoms with E-state index in [2.05, 4.69) is 0 Å². The van der Waals surface area contributed by atoms with Crippen LogP contribution in [0.25, 0.3) is 0 Å². The lowest BCUT2D eigenvalue weighted by molar-refractivity contribution is 0.0351. The number of nitrogens with zero attached hydrogens (tertiary/aromatic N) is 1. The summed E-state index contributed by atoms with van der Waals surface area (Å²) in [7, 11) is -3.32. The van der Waals surface area contributed by atoms with E-state index in [4.69, 9.17) is 5.73 Å². The van der Waals surface area contributed by atoms with Gasteiger partial charge in [-0.1, -0.05) is 6.07 Å². The first kappa shape index (κ1) is 14.1. The predicted molar refractivity (Wildman–Crippen MR) is 76.0 cm³/mol. The van der Waals surface area contributed by atoms with Gasteiger partial charge in [0.1, 0.15) is 0 Å². The number of hydrogen-bond donors (Lipinski definition) is 2. The maximum absolute atomic E-state index is 11.7. The van der Waals surface area contributed by atoms with Crippen molar-refractivity contribution in [1.29, 1.82) is 0 Å². The van der Waals surface area contributed by atoms with Crippen LogP contribution in [-0.2, 0) is 9.84 Å². The first-order valence-electron chi connectivity index (χ1n) is 6.27. The van der Waals surface area contributed by atoms with Gasteiger partial charge in [-0.2, -0.15) is 0 Å². The van der Waals surface area contributed by atoms with E-state index in [1.165, 1.54) is 6.07 Å². The monoisotopic (exact) mass is 284 g/mol. The Morgan fingerprint density at radius 2 is 1.89 bits per heavy atom. The summed E-state index contributed by atoms with van der Waals surface area (Å²) in [6.07, 6.45) is 2.45. The second-order valence-corrected chi connectivity index (χ2v) is 7.43. The minimum absolute atomic E-state index is 0.169. The van der Waals surface area contributed by atoms with Gasteiger partial charge in [0.15, 0.2) is 9.84 Å². The summed E-state index contributed by atoms with van der Waals surface area (Å²) < 4.78 is 23.3. The third-order valence-corrected chi connectivity index (χ3v) is 4.78. The summed E-state index contributed by atoms with van der Waals surface area (Å²) in [5, 5.41) is 9.94. The number of sulfone groups is 1. The van der Waals surface area contributed by atoms with Crippen LogP contribution in [-0.4, -0.2) is 38.5 Å². The molecule has 0 aromatic heterocycles. The lowest BCUT2D eigenvalue weighted by Gasteiger charge is -2.37. The van der Waals surface area contributed by atoms with Crippen LogP contribution >= 0.6 is 0 Å². The third kappa shape index (κ3) is 3.01. The standard InChI is InChI=1S/C13H20N2O3S/c1-13(16)6-8-15(9-7-13)10-4-3-5-11(12(10)14)19(2,17)18/h3-5,16H,6-9,14H2,1-2H3. The van der Waals surface area contributed by atoms with E-state index in [0.717, 1.165) is 11.9 Å². The molecule has 0 aliphatic carbocycles. The molecule has 2 rings (SSSR count). The number of nitrogens with two attached hydrogens (primary N) is 1. The van der Waals surface area contributed by atoms with Crippen LogP contribution < -0.4 is 10.6 Å². The lowest BCUT2D eigenvalue weighted by atomic mass is 9.93. The summed E-state index contributed by atoms with van der Waals surface area (Å²) in [5.41, 5.74) is 6.38. The highest BCUT2D eigenvalue weighted by molar-refractivity contribution is 7.90. The molecule has 6 heteroatoms. The van der Waals surface area contributed by atoms with Crippen molar-refractivity contribution < 1.29 is 13.5 Å². The van der Waals surface area contributed by atoms with E-state index in [0.29, 0.717) is 31.6 Å². The van der Waals surface area contributed by atoms with Crippen LogP contribution in [0, 0.1) is 0 Å². The van der Waals surface area contributed by atoms with Crippen molar-refractivity contribution in [2.24, 2.45) is 0 Å². The minimum Gasteiger partial charge on any atom is -0.396 e. The Hall–Kier alpha value is -1.27. The SMILES string of the molecule is CC1(O)CCN(c2cccc(S(C)(=O)=O)c2N)CC1. The van der Waals surface area contributed by atoms with E-state index in [1.54, 1.807) is 6.07 Å². The second-order valence-electron chi connectivity index (χ2n) is 5.45. The van der Waals surface area contributed by atoms with Gasteiger partial charge in [0.05, 0.1) is 21.9 Å². The quantitative estimate of drug-likeness (QED) is 0.792. The molecule has 0 unspecified atom stereocenters. The van der Waals surface area contributed by atoms with Crippen molar-refractivity contribution in [1.82, 2.24) is 0 Å². The Balaban J connectivity index is 2.32. The van der Waals surface area contributed by atoms with Gasteiger partial charge in [0.2, 0.25) is 0 Å². The van der Waals surface area contributed by atoms with Crippen LogP contribution in [0.1, 0.15) is 19.8 Å². The molecule has 0 spiro atoms. The molecule has 1 fully saturated rings. The minimum atomic E-state index is -3.32. The summed E-state index contributed by atoms with van der Waals surface area (Å²) in [5.74, 6) is 0. The fraction of sp³-hybridized carbons (Fsp3) is 0.538. The van der Waals surface area contributed by atoms with Gasteiger partial charge < -0.3 is 15.7 Å². The van der Waals surface area contributed by atoms with E-state index in [-0.39, 0.29) is 4.90 Å². The van der Waals surface area contributed by atoms with Crippen LogP contribution in [0.2, 0.25) is 0 Å². The fourth-order valence-corrected chi connectivity index (χ4v) is 3.19. The molecule has 19 heavy (non-hydrogen) atoms. The number of para-hydroxylation sites is 1. The highest BCUT2D eigenvalue weighted by Crippen LogP contribution is 2.33. The summed E-state index contributed by atoms with van der Waals surface area (Å²) in [4.78, 5) is 2.20. The molecular formula is C13H20N2O3S. The molecule has 1 aromatic rings. The maximum Gasteiger partial charge on any atom is 0.177 e. The molecular weight excluding hydrogens is 264 g/mol. The molecule has 5 nitrogen and oxygen atoms in total. The Labute approximate surface area is 113 Å². The first-order valence-corrected chi connectivity index (χ1v) is 8.16. The molecule has 1 aliphatic heterocycles. The number of aliphatic hydroxyl groups is 1. The van der Waals surface area contributed by atoms with Crippen molar-refractivity contribution in [3.63, 3.8) is 0 Å². The second kappa shape index (κ2) is 4.68. The molecule has 1 aromatic carbocycles. The molecule has 0 atom stereocenters. The summed E-state index contributed by atoms with van der Waals surface area (Å²) in [6, 6.07) is 5.05. The van der Waals surface area contributed by atoms with Crippen LogP contribution in [0.5, 0.6) is 0 Å². The van der Waals surface area contributed by atoms with E-state index < -0.39 is 15.4 Å². The Morgan fingerprint density at radius 1 is 1.32 bits per heavy atom. The number of benzene rings is 1. The number of anilines is 2. The lowest BCUT2D eigenvalue weighted by Crippen LogP contribution is -2.42. The zero-order valence-corrected chi connectivity index (χ0v) is 12.1. The van der Waals surface area contributed by atoms with Crippen molar-refractivity contribution >= 4 is 21.2 Å². The Kier molecular flexibility index (Phi) is 3.49. The third-order valence-electron chi connectivity index (χ3n) is 3.62. The van der Waals surface area contributed by atoms with Crippen LogP contribution in [0.3, 0.4) is 0 Å². The highest BCUT2D eigenvalue weighted by atomic mass is 32.2. The molecule has 1 aliphatic rings. The van der Waals surface area contributed by atoms with E-state index in [9.17, 15) is 13.5 Å². The fourth-order valence-electron chi connectivity index (χ4n) is 2.36. The van der Waals surface area contributed by atoms with Gasteiger partial charge in [-0.15, -0.1) is 0 Å². The van der Waals surface area contributed by atoms with E-state index in [1.807, 2.05) is 17.9 Å². The molecule has 1 saturated heterocycles. The molecule has 3 N–H and O–H groups in total. The predicted octanol–water partition coefficient (Wildman–Crippen LogP) is 1.02. The maximum atomic E-state index is 11.7. The molecule has 1 heterocycles. The zero-order valence-electron chi connectivity index (χ0n) is 11.3. The highest BCUT2D eigenvalue weighted by Gasteiger charge is 2.28. The van der Waals surface area contributed by atoms with Gasteiger partial charge >= 0.3 is 0 Å². The average molecular weight is 284 g/mol. The largest absolute Gasteiger partial charge is 0.396 e. The van der Waals surface area contributed by atoms with Gasteiger partial charge in [-0.25, -0.2) is 8.42 Å². The van der Waals surface area contributed by atoms with Crippen LogP contribution in [0.4, 0.5) is 11.4 Å². The molecule has 0 bridgehead atoms. The van der Waals surface area contributed by atoms with E-state index >= 15 is 0 Å². The van der Waals surface area contributed by atoms with Gasteiger partial charge in [-0.05, 0) is 31.9 Å². The smallest absolute Gasteiger partial charge is 0.177 e. The molecule has 106 valence electrons. The topological polar surface area (TPSA) is 83.6 Å². The average Bonchev–Trinajstić information content (AvgIpc) is 2.28. The number of rotatable bonds is 2. The van der Waals surface area contributed by atoms with Crippen molar-refractivity contribution in [2.75, 3.05) is 30.0 Å². The Morgan fingerprint density at radius 3 is 2.42 bits per heavy atom. The van der Waals surface area contributed by atoms with Crippen molar-refractivity contribution in [2.45, 2.75) is 30.3 Å². The number of nitrogen functional groups attached to an aromatic ring is 1. The summed E-state index contributed by atoms with van der Waals surface area (Å²) in [6.45, 7) is 3.16.